The topological polar surface area (TPSA) is 101 Å². The molecular formula is C24H24N4O3S. The molecule has 0 saturated heterocycles. The summed E-state index contributed by atoms with van der Waals surface area (Å²) in [5.74, 6) is 0.631. The summed E-state index contributed by atoms with van der Waals surface area (Å²) in [7, 11) is 0. The zero-order valence-electron chi connectivity index (χ0n) is 17.5. The van der Waals surface area contributed by atoms with Crippen LogP contribution in [0.2, 0.25) is 0 Å². The van der Waals surface area contributed by atoms with Gasteiger partial charge < -0.3 is 14.8 Å². The summed E-state index contributed by atoms with van der Waals surface area (Å²) in [5, 5.41) is 21.6. The fraction of sp³-hybridized carbons (Fsp3) is 0.333. The van der Waals surface area contributed by atoms with Crippen LogP contribution in [-0.4, -0.2) is 38.3 Å². The molecular weight excluding hydrogens is 424 g/mol. The third-order valence-electron chi connectivity index (χ3n) is 5.72. The number of fused-ring (bicyclic) bond motifs is 1. The van der Waals surface area contributed by atoms with Gasteiger partial charge >= 0.3 is 0 Å². The Hall–Kier alpha value is -3.10. The number of rotatable bonds is 6. The highest BCUT2D eigenvalue weighted by atomic mass is 32.1. The fourth-order valence-electron chi connectivity index (χ4n) is 4.05. The smallest absolute Gasteiger partial charge is 0.229 e. The predicted molar refractivity (Wildman–Crippen MR) is 122 cm³/mol. The van der Waals surface area contributed by atoms with Gasteiger partial charge in [0.15, 0.2) is 0 Å². The molecule has 4 aromatic rings. The first-order valence-electron chi connectivity index (χ1n) is 10.9. The number of nitrogens with zero attached hydrogens (tertiary/aromatic N) is 3. The van der Waals surface area contributed by atoms with Crippen LogP contribution in [0.3, 0.4) is 0 Å². The summed E-state index contributed by atoms with van der Waals surface area (Å²) in [6.45, 7) is 0. The second-order valence-corrected chi connectivity index (χ2v) is 9.29. The molecule has 1 aliphatic rings. The maximum atomic E-state index is 12.3. The van der Waals surface area contributed by atoms with Gasteiger partial charge in [-0.2, -0.15) is 0 Å². The highest BCUT2D eigenvalue weighted by molar-refractivity contribution is 7.18. The van der Waals surface area contributed by atoms with Gasteiger partial charge in [-0.05, 0) is 48.9 Å². The van der Waals surface area contributed by atoms with E-state index >= 15 is 0 Å². The molecule has 2 aromatic heterocycles. The highest BCUT2D eigenvalue weighted by Crippen LogP contribution is 2.29. The first-order valence-corrected chi connectivity index (χ1v) is 11.7. The van der Waals surface area contributed by atoms with E-state index in [1.807, 2.05) is 24.3 Å². The second-order valence-electron chi connectivity index (χ2n) is 8.17. The molecule has 2 heterocycles. The van der Waals surface area contributed by atoms with Crippen LogP contribution < -0.4 is 5.32 Å². The number of carbonyl (C=O) groups excluding carboxylic acids is 1. The van der Waals surface area contributed by atoms with Crippen molar-refractivity contribution in [3.05, 3.63) is 65.3 Å². The molecule has 5 rings (SSSR count). The minimum atomic E-state index is -0.242. The Morgan fingerprint density at radius 3 is 2.62 bits per heavy atom. The average molecular weight is 449 g/mol. The van der Waals surface area contributed by atoms with Crippen LogP contribution in [0.25, 0.3) is 21.3 Å². The normalized spacial score (nSPS) is 18.7. The largest absolute Gasteiger partial charge is 0.424 e. The van der Waals surface area contributed by atoms with Crippen molar-refractivity contribution in [1.82, 2.24) is 20.5 Å². The lowest BCUT2D eigenvalue weighted by atomic mass is 9.93. The Kier molecular flexibility index (Phi) is 5.96. The third kappa shape index (κ3) is 4.87. The molecule has 2 aromatic carbocycles. The van der Waals surface area contributed by atoms with Crippen molar-refractivity contribution in [2.24, 2.45) is 0 Å². The molecule has 7 nitrogen and oxygen atoms in total. The summed E-state index contributed by atoms with van der Waals surface area (Å²) >= 11 is 1.61. The number of aliphatic hydroxyl groups is 1. The Morgan fingerprint density at radius 2 is 1.81 bits per heavy atom. The summed E-state index contributed by atoms with van der Waals surface area (Å²) in [6, 6.07) is 16.6. The minimum Gasteiger partial charge on any atom is -0.424 e. The number of nitrogens with one attached hydrogen (secondary N) is 1. The SMILES string of the molecule is O=C(Cc1nnc(Cc2nc3ccc(-c4ccccc4)cc3s2)o1)N[C@H]1CC[C@H](O)CC1. The molecule has 1 amide bonds. The Bertz CT molecular complexity index is 1210. The van der Waals surface area contributed by atoms with Gasteiger partial charge in [0.2, 0.25) is 17.7 Å². The molecule has 0 unspecified atom stereocenters. The molecule has 0 spiro atoms. The lowest BCUT2D eigenvalue weighted by Gasteiger charge is -2.25. The van der Waals surface area contributed by atoms with Gasteiger partial charge in [-0.15, -0.1) is 21.5 Å². The number of aromatic nitrogens is 3. The van der Waals surface area contributed by atoms with Crippen LogP contribution >= 0.6 is 11.3 Å². The molecule has 1 aliphatic carbocycles. The molecule has 0 radical (unpaired) electrons. The molecule has 0 atom stereocenters. The molecule has 164 valence electrons. The van der Waals surface area contributed by atoms with Crippen molar-refractivity contribution in [1.29, 1.82) is 0 Å². The van der Waals surface area contributed by atoms with Gasteiger partial charge in [-0.25, -0.2) is 4.98 Å². The van der Waals surface area contributed by atoms with Gasteiger partial charge in [0.1, 0.15) is 11.4 Å². The van der Waals surface area contributed by atoms with E-state index in [4.69, 9.17) is 4.42 Å². The number of thiazole rings is 1. The monoisotopic (exact) mass is 448 g/mol. The maximum absolute atomic E-state index is 12.3. The van der Waals surface area contributed by atoms with E-state index in [0.717, 1.165) is 46.5 Å². The number of hydrogen-bond acceptors (Lipinski definition) is 7. The van der Waals surface area contributed by atoms with Crippen molar-refractivity contribution < 1.29 is 14.3 Å². The Morgan fingerprint density at radius 1 is 1.03 bits per heavy atom. The number of carbonyl (C=O) groups is 1. The van der Waals surface area contributed by atoms with Crippen molar-refractivity contribution in [3.8, 4) is 11.1 Å². The van der Waals surface area contributed by atoms with Crippen molar-refractivity contribution in [3.63, 3.8) is 0 Å². The van der Waals surface area contributed by atoms with Crippen LogP contribution in [0.4, 0.5) is 0 Å². The summed E-state index contributed by atoms with van der Waals surface area (Å²) in [6.07, 6.45) is 3.31. The zero-order valence-corrected chi connectivity index (χ0v) is 18.3. The summed E-state index contributed by atoms with van der Waals surface area (Å²) in [4.78, 5) is 17.0. The van der Waals surface area contributed by atoms with E-state index in [9.17, 15) is 9.90 Å². The van der Waals surface area contributed by atoms with Gasteiger partial charge in [0.25, 0.3) is 0 Å². The van der Waals surface area contributed by atoms with E-state index in [-0.39, 0.29) is 24.5 Å². The lowest BCUT2D eigenvalue weighted by Crippen LogP contribution is -2.39. The van der Waals surface area contributed by atoms with Crippen molar-refractivity contribution in [2.75, 3.05) is 0 Å². The van der Waals surface area contributed by atoms with Crippen molar-refractivity contribution in [2.45, 2.75) is 50.7 Å². The molecule has 0 bridgehead atoms. The molecule has 2 N–H and O–H groups in total. The van der Waals surface area contributed by atoms with Crippen LogP contribution in [0, 0.1) is 0 Å². The minimum absolute atomic E-state index is 0.0618. The quantitative estimate of drug-likeness (QED) is 0.464. The van der Waals surface area contributed by atoms with Gasteiger partial charge in [-0.3, -0.25) is 4.79 Å². The number of aliphatic hydroxyl groups excluding tert-OH is 1. The number of hydrogen-bond donors (Lipinski definition) is 2. The lowest BCUT2D eigenvalue weighted by molar-refractivity contribution is -0.121. The van der Waals surface area contributed by atoms with E-state index in [1.54, 1.807) is 11.3 Å². The summed E-state index contributed by atoms with van der Waals surface area (Å²) < 4.78 is 6.81. The molecule has 32 heavy (non-hydrogen) atoms. The number of benzene rings is 2. The molecule has 8 heteroatoms. The van der Waals surface area contributed by atoms with E-state index in [0.29, 0.717) is 18.2 Å². The number of amides is 1. The fourth-order valence-corrected chi connectivity index (χ4v) is 5.05. The van der Waals surface area contributed by atoms with Crippen LogP contribution in [0.1, 0.15) is 42.5 Å². The van der Waals surface area contributed by atoms with Crippen LogP contribution in [0.5, 0.6) is 0 Å². The van der Waals surface area contributed by atoms with Crippen molar-refractivity contribution >= 4 is 27.5 Å². The Balaban J connectivity index is 1.22. The zero-order chi connectivity index (χ0) is 21.9. The van der Waals surface area contributed by atoms with Crippen LogP contribution in [0.15, 0.2) is 52.9 Å². The van der Waals surface area contributed by atoms with E-state index in [1.165, 1.54) is 5.56 Å². The van der Waals surface area contributed by atoms with E-state index in [2.05, 4.69) is 44.8 Å². The van der Waals surface area contributed by atoms with Gasteiger partial charge in [-0.1, -0.05) is 36.4 Å². The average Bonchev–Trinajstić information content (AvgIpc) is 3.41. The maximum Gasteiger partial charge on any atom is 0.229 e. The standard InChI is InChI=1S/C24H24N4O3S/c29-18-9-7-17(8-10-18)25-21(30)13-22-27-28-23(31-22)14-24-26-19-11-6-16(12-20(19)32-24)15-4-2-1-3-5-15/h1-6,11-12,17-18,29H,7-10,13-14H2,(H,25,30)/t17-,18-. The first-order chi connectivity index (χ1) is 15.6. The highest BCUT2D eigenvalue weighted by Gasteiger charge is 2.22. The molecule has 1 fully saturated rings. The Labute approximate surface area is 189 Å². The van der Waals surface area contributed by atoms with Crippen LogP contribution in [-0.2, 0) is 17.6 Å². The third-order valence-corrected chi connectivity index (χ3v) is 6.74. The first kappa shape index (κ1) is 20.8. The second kappa shape index (κ2) is 9.18. The summed E-state index contributed by atoms with van der Waals surface area (Å²) in [5.41, 5.74) is 3.28. The molecule has 0 aliphatic heterocycles. The predicted octanol–water partition coefficient (Wildman–Crippen LogP) is 3.90. The van der Waals surface area contributed by atoms with E-state index < -0.39 is 0 Å². The molecule has 1 saturated carbocycles. The van der Waals surface area contributed by atoms with Gasteiger partial charge in [0, 0.05) is 6.04 Å². The van der Waals surface area contributed by atoms with Gasteiger partial charge in [0.05, 0.1) is 22.7 Å².